The minimum Gasteiger partial charge on any atom is -0.495 e. The van der Waals surface area contributed by atoms with Gasteiger partial charge in [0.25, 0.3) is 5.91 Å². The number of nitrogens with zero attached hydrogens (tertiary/aromatic N) is 1. The van der Waals surface area contributed by atoms with Gasteiger partial charge < -0.3 is 9.64 Å². The van der Waals surface area contributed by atoms with Gasteiger partial charge in [0, 0.05) is 12.1 Å². The third kappa shape index (κ3) is 2.51. The van der Waals surface area contributed by atoms with Gasteiger partial charge in [0.05, 0.1) is 12.8 Å². The third-order valence-corrected chi connectivity index (χ3v) is 3.91. The summed E-state index contributed by atoms with van der Waals surface area (Å²) >= 11 is 0. The lowest BCUT2D eigenvalue weighted by molar-refractivity contribution is 0.0984. The number of benzene rings is 2. The first kappa shape index (κ1) is 13.7. The average molecular weight is 281 g/mol. The molecule has 0 saturated carbocycles. The molecule has 0 fully saturated rings. The molecule has 0 radical (unpaired) electrons. The highest BCUT2D eigenvalue weighted by atomic mass is 16.5. The zero-order valence-corrected chi connectivity index (χ0v) is 12.4. The maximum Gasteiger partial charge on any atom is 0.258 e. The van der Waals surface area contributed by atoms with Gasteiger partial charge in [-0.05, 0) is 43.5 Å². The number of para-hydroxylation sites is 1. The van der Waals surface area contributed by atoms with Crippen molar-refractivity contribution in [1.29, 1.82) is 0 Å². The van der Waals surface area contributed by atoms with E-state index in [9.17, 15) is 4.79 Å². The van der Waals surface area contributed by atoms with Crippen LogP contribution in [0.25, 0.3) is 0 Å². The quantitative estimate of drug-likeness (QED) is 0.841. The summed E-state index contributed by atoms with van der Waals surface area (Å²) in [5.41, 5.74) is 3.94. The van der Waals surface area contributed by atoms with Crippen molar-refractivity contribution in [1.82, 2.24) is 0 Å². The van der Waals surface area contributed by atoms with Crippen molar-refractivity contribution >= 4 is 11.6 Å². The van der Waals surface area contributed by atoms with Crippen molar-refractivity contribution < 1.29 is 9.53 Å². The molecule has 0 aliphatic carbocycles. The van der Waals surface area contributed by atoms with Crippen molar-refractivity contribution in [3.8, 4) is 5.75 Å². The van der Waals surface area contributed by atoms with Gasteiger partial charge in [-0.3, -0.25) is 4.79 Å². The van der Waals surface area contributed by atoms with Gasteiger partial charge in [-0.1, -0.05) is 29.8 Å². The Hall–Kier alpha value is -2.29. The molecule has 1 amide bonds. The molecule has 1 heterocycles. The molecule has 1 aliphatic rings. The maximum atomic E-state index is 12.9. The fraction of sp³-hybridized carbons (Fsp3) is 0.278. The van der Waals surface area contributed by atoms with E-state index in [1.54, 1.807) is 7.11 Å². The van der Waals surface area contributed by atoms with Crippen LogP contribution in [0, 0.1) is 6.92 Å². The van der Waals surface area contributed by atoms with Gasteiger partial charge in [0.15, 0.2) is 0 Å². The Bertz CT molecular complexity index is 664. The predicted octanol–water partition coefficient (Wildman–Crippen LogP) is 3.60. The van der Waals surface area contributed by atoms with Crippen LogP contribution in [0.3, 0.4) is 0 Å². The van der Waals surface area contributed by atoms with E-state index >= 15 is 0 Å². The SMILES string of the molecule is COc1cccc2c1N(C(=O)c1cccc(C)c1)CCC2. The molecule has 0 saturated heterocycles. The van der Waals surface area contributed by atoms with E-state index in [4.69, 9.17) is 4.74 Å². The minimum absolute atomic E-state index is 0.0455. The molecule has 0 bridgehead atoms. The van der Waals surface area contributed by atoms with Crippen LogP contribution in [0.1, 0.15) is 27.9 Å². The van der Waals surface area contributed by atoms with Crippen molar-refractivity contribution in [3.63, 3.8) is 0 Å². The van der Waals surface area contributed by atoms with Crippen molar-refractivity contribution in [2.75, 3.05) is 18.6 Å². The summed E-state index contributed by atoms with van der Waals surface area (Å²) in [7, 11) is 1.65. The van der Waals surface area contributed by atoms with Crippen molar-refractivity contribution in [3.05, 3.63) is 59.2 Å². The van der Waals surface area contributed by atoms with Gasteiger partial charge >= 0.3 is 0 Å². The molecule has 0 unspecified atom stereocenters. The first-order valence-electron chi connectivity index (χ1n) is 7.25. The van der Waals surface area contributed by atoms with E-state index in [0.717, 1.165) is 42.0 Å². The molecule has 3 rings (SSSR count). The first-order valence-corrected chi connectivity index (χ1v) is 7.25. The largest absolute Gasteiger partial charge is 0.495 e. The number of rotatable bonds is 2. The van der Waals surface area contributed by atoms with Crippen LogP contribution in [-0.4, -0.2) is 19.6 Å². The summed E-state index contributed by atoms with van der Waals surface area (Å²) in [6.07, 6.45) is 1.97. The van der Waals surface area contributed by atoms with Gasteiger partial charge in [-0.2, -0.15) is 0 Å². The van der Waals surface area contributed by atoms with Gasteiger partial charge in [-0.25, -0.2) is 0 Å². The number of hydrogen-bond donors (Lipinski definition) is 0. The number of carbonyl (C=O) groups is 1. The average Bonchev–Trinajstić information content (AvgIpc) is 2.53. The Morgan fingerprint density at radius 2 is 2.00 bits per heavy atom. The van der Waals surface area contributed by atoms with E-state index in [0.29, 0.717) is 0 Å². The van der Waals surface area contributed by atoms with Crippen LogP contribution < -0.4 is 9.64 Å². The number of ether oxygens (including phenoxy) is 1. The monoisotopic (exact) mass is 281 g/mol. The van der Waals surface area contributed by atoms with Crippen LogP contribution in [0.2, 0.25) is 0 Å². The Morgan fingerprint density at radius 1 is 1.19 bits per heavy atom. The summed E-state index contributed by atoms with van der Waals surface area (Å²) in [6, 6.07) is 13.7. The van der Waals surface area contributed by atoms with Crippen LogP contribution in [0.5, 0.6) is 5.75 Å². The molecular formula is C18H19NO2. The number of hydrogen-bond acceptors (Lipinski definition) is 2. The smallest absolute Gasteiger partial charge is 0.258 e. The third-order valence-electron chi connectivity index (χ3n) is 3.91. The number of fused-ring (bicyclic) bond motifs is 1. The molecule has 0 N–H and O–H groups in total. The first-order chi connectivity index (χ1) is 10.2. The number of methoxy groups -OCH3 is 1. The van der Waals surface area contributed by atoms with Crippen LogP contribution >= 0.6 is 0 Å². The number of anilines is 1. The van der Waals surface area contributed by atoms with Gasteiger partial charge in [-0.15, -0.1) is 0 Å². The lowest BCUT2D eigenvalue weighted by Crippen LogP contribution is -2.35. The minimum atomic E-state index is 0.0455. The molecule has 0 aromatic heterocycles. The second kappa shape index (κ2) is 5.60. The fourth-order valence-corrected chi connectivity index (χ4v) is 2.92. The summed E-state index contributed by atoms with van der Waals surface area (Å²) in [4.78, 5) is 14.7. The highest BCUT2D eigenvalue weighted by Gasteiger charge is 2.26. The van der Waals surface area contributed by atoms with Crippen molar-refractivity contribution in [2.45, 2.75) is 19.8 Å². The van der Waals surface area contributed by atoms with Crippen LogP contribution in [-0.2, 0) is 6.42 Å². The number of aryl methyl sites for hydroxylation is 2. The summed E-state index contributed by atoms with van der Waals surface area (Å²) in [5.74, 6) is 0.817. The molecule has 0 spiro atoms. The zero-order chi connectivity index (χ0) is 14.8. The predicted molar refractivity (Wildman–Crippen MR) is 84.2 cm³/mol. The van der Waals surface area contributed by atoms with E-state index in [2.05, 4.69) is 6.07 Å². The fourth-order valence-electron chi connectivity index (χ4n) is 2.92. The molecule has 2 aromatic carbocycles. The van der Waals surface area contributed by atoms with E-state index in [1.807, 2.05) is 48.2 Å². The second-order valence-electron chi connectivity index (χ2n) is 5.40. The Labute approximate surface area is 125 Å². The normalized spacial score (nSPS) is 13.7. The maximum absolute atomic E-state index is 12.9. The van der Waals surface area contributed by atoms with E-state index in [1.165, 1.54) is 5.56 Å². The molecule has 108 valence electrons. The molecule has 1 aliphatic heterocycles. The van der Waals surface area contributed by atoms with E-state index in [-0.39, 0.29) is 5.91 Å². The molecule has 3 heteroatoms. The van der Waals surface area contributed by atoms with Crippen molar-refractivity contribution in [2.24, 2.45) is 0 Å². The standard InChI is InChI=1S/C18H19NO2/c1-13-6-3-8-15(12-13)18(20)19-11-5-9-14-7-4-10-16(21-2)17(14)19/h3-4,6-8,10,12H,5,9,11H2,1-2H3. The van der Waals surface area contributed by atoms with Crippen LogP contribution in [0.4, 0.5) is 5.69 Å². The Kier molecular flexibility index (Phi) is 3.65. The number of amides is 1. The molecule has 0 atom stereocenters. The molecular weight excluding hydrogens is 262 g/mol. The van der Waals surface area contributed by atoms with Crippen LogP contribution in [0.15, 0.2) is 42.5 Å². The van der Waals surface area contributed by atoms with E-state index < -0.39 is 0 Å². The Morgan fingerprint density at radius 3 is 2.76 bits per heavy atom. The number of carbonyl (C=O) groups excluding carboxylic acids is 1. The molecule has 3 nitrogen and oxygen atoms in total. The summed E-state index contributed by atoms with van der Waals surface area (Å²) in [5, 5.41) is 0. The Balaban J connectivity index is 2.04. The topological polar surface area (TPSA) is 29.5 Å². The van der Waals surface area contributed by atoms with Gasteiger partial charge in [0.1, 0.15) is 5.75 Å². The summed E-state index contributed by atoms with van der Waals surface area (Å²) < 4.78 is 5.46. The van der Waals surface area contributed by atoms with Gasteiger partial charge in [0.2, 0.25) is 0 Å². The lowest BCUT2D eigenvalue weighted by atomic mass is 9.99. The highest BCUT2D eigenvalue weighted by molar-refractivity contribution is 6.07. The lowest BCUT2D eigenvalue weighted by Gasteiger charge is -2.31. The summed E-state index contributed by atoms with van der Waals surface area (Å²) in [6.45, 7) is 2.74. The molecule has 2 aromatic rings. The highest BCUT2D eigenvalue weighted by Crippen LogP contribution is 2.36. The molecule has 21 heavy (non-hydrogen) atoms. The second-order valence-corrected chi connectivity index (χ2v) is 5.40. The zero-order valence-electron chi connectivity index (χ0n) is 12.4.